The summed E-state index contributed by atoms with van der Waals surface area (Å²) in [5, 5.41) is 3.62. The minimum absolute atomic E-state index is 0.135. The molecule has 1 aromatic rings. The maximum absolute atomic E-state index is 13.0. The largest absolute Gasteiger partial charge is 0.313 e. The van der Waals surface area contributed by atoms with Crippen molar-refractivity contribution < 1.29 is 4.39 Å². The fourth-order valence-corrected chi connectivity index (χ4v) is 2.79. The van der Waals surface area contributed by atoms with Gasteiger partial charge in [0.05, 0.1) is 0 Å². The summed E-state index contributed by atoms with van der Waals surface area (Å²) in [5.74, 6) is -0.135. The SMILES string of the molecule is CC1(C)CCCC1NCCc1cccc(F)c1. The molecule has 0 radical (unpaired) electrons. The van der Waals surface area contributed by atoms with Crippen molar-refractivity contribution in [3.63, 3.8) is 0 Å². The number of halogens is 1. The molecule has 0 spiro atoms. The van der Waals surface area contributed by atoms with E-state index >= 15 is 0 Å². The first kappa shape index (κ1) is 12.6. The molecule has 17 heavy (non-hydrogen) atoms. The van der Waals surface area contributed by atoms with Gasteiger partial charge in [-0.3, -0.25) is 0 Å². The molecule has 1 atom stereocenters. The van der Waals surface area contributed by atoms with Crippen LogP contribution in [0, 0.1) is 11.2 Å². The molecule has 0 aliphatic heterocycles. The number of nitrogens with one attached hydrogen (secondary N) is 1. The van der Waals surface area contributed by atoms with Gasteiger partial charge in [-0.25, -0.2) is 4.39 Å². The monoisotopic (exact) mass is 235 g/mol. The van der Waals surface area contributed by atoms with Crippen LogP contribution in [0.5, 0.6) is 0 Å². The Morgan fingerprint density at radius 3 is 2.88 bits per heavy atom. The van der Waals surface area contributed by atoms with Crippen molar-refractivity contribution in [2.24, 2.45) is 5.41 Å². The van der Waals surface area contributed by atoms with Gasteiger partial charge in [-0.05, 0) is 48.9 Å². The van der Waals surface area contributed by atoms with Crippen LogP contribution in [0.1, 0.15) is 38.7 Å². The molecule has 0 heterocycles. The highest BCUT2D eigenvalue weighted by molar-refractivity contribution is 5.16. The molecule has 1 fully saturated rings. The Labute approximate surface area is 103 Å². The zero-order valence-electron chi connectivity index (χ0n) is 10.8. The Bertz CT molecular complexity index is 373. The van der Waals surface area contributed by atoms with Crippen molar-refractivity contribution in [2.45, 2.75) is 45.6 Å². The van der Waals surface area contributed by atoms with Gasteiger partial charge in [-0.2, -0.15) is 0 Å². The Morgan fingerprint density at radius 1 is 1.41 bits per heavy atom. The molecular weight excluding hydrogens is 213 g/mol. The fourth-order valence-electron chi connectivity index (χ4n) is 2.79. The first-order valence-corrected chi connectivity index (χ1v) is 6.56. The van der Waals surface area contributed by atoms with E-state index in [9.17, 15) is 4.39 Å². The lowest BCUT2D eigenvalue weighted by molar-refractivity contribution is 0.285. The molecule has 1 N–H and O–H groups in total. The van der Waals surface area contributed by atoms with Crippen molar-refractivity contribution >= 4 is 0 Å². The van der Waals surface area contributed by atoms with Gasteiger partial charge in [0, 0.05) is 6.04 Å². The number of rotatable bonds is 4. The minimum atomic E-state index is -0.135. The average molecular weight is 235 g/mol. The second kappa shape index (κ2) is 5.18. The Morgan fingerprint density at radius 2 is 2.24 bits per heavy atom. The molecule has 2 rings (SSSR count). The summed E-state index contributed by atoms with van der Waals surface area (Å²) >= 11 is 0. The highest BCUT2D eigenvalue weighted by Crippen LogP contribution is 2.36. The topological polar surface area (TPSA) is 12.0 Å². The molecule has 1 saturated carbocycles. The maximum Gasteiger partial charge on any atom is 0.123 e. The van der Waals surface area contributed by atoms with E-state index in [-0.39, 0.29) is 5.82 Å². The second-order valence-electron chi connectivity index (χ2n) is 5.77. The standard InChI is InChI=1S/C15H22FN/c1-15(2)9-4-7-14(15)17-10-8-12-5-3-6-13(16)11-12/h3,5-6,11,14,17H,4,7-10H2,1-2H3. The van der Waals surface area contributed by atoms with E-state index in [1.165, 1.54) is 25.3 Å². The van der Waals surface area contributed by atoms with E-state index in [0.29, 0.717) is 11.5 Å². The summed E-state index contributed by atoms with van der Waals surface area (Å²) in [5.41, 5.74) is 1.50. The van der Waals surface area contributed by atoms with Crippen LogP contribution < -0.4 is 5.32 Å². The average Bonchev–Trinajstić information content (AvgIpc) is 2.58. The summed E-state index contributed by atoms with van der Waals surface area (Å²) in [7, 11) is 0. The lowest BCUT2D eigenvalue weighted by Crippen LogP contribution is -2.38. The third-order valence-corrected chi connectivity index (χ3v) is 3.95. The zero-order chi connectivity index (χ0) is 12.3. The maximum atomic E-state index is 13.0. The summed E-state index contributed by atoms with van der Waals surface area (Å²) in [4.78, 5) is 0. The molecular formula is C15H22FN. The first-order chi connectivity index (χ1) is 8.08. The van der Waals surface area contributed by atoms with Gasteiger partial charge in [-0.15, -0.1) is 0 Å². The van der Waals surface area contributed by atoms with E-state index in [1.54, 1.807) is 12.1 Å². The van der Waals surface area contributed by atoms with Crippen LogP contribution in [0.3, 0.4) is 0 Å². The molecule has 94 valence electrons. The van der Waals surface area contributed by atoms with Crippen LogP contribution in [-0.4, -0.2) is 12.6 Å². The van der Waals surface area contributed by atoms with Crippen LogP contribution in [0.15, 0.2) is 24.3 Å². The van der Waals surface area contributed by atoms with Gasteiger partial charge < -0.3 is 5.32 Å². The van der Waals surface area contributed by atoms with E-state index < -0.39 is 0 Å². The molecule has 1 nitrogen and oxygen atoms in total. The van der Waals surface area contributed by atoms with E-state index in [0.717, 1.165) is 18.5 Å². The molecule has 1 unspecified atom stereocenters. The van der Waals surface area contributed by atoms with E-state index in [2.05, 4.69) is 19.2 Å². The van der Waals surface area contributed by atoms with Crippen molar-refractivity contribution in [2.75, 3.05) is 6.54 Å². The smallest absolute Gasteiger partial charge is 0.123 e. The van der Waals surface area contributed by atoms with Crippen LogP contribution >= 0.6 is 0 Å². The fraction of sp³-hybridized carbons (Fsp3) is 0.600. The molecule has 1 aliphatic carbocycles. The summed E-state index contributed by atoms with van der Waals surface area (Å²) in [6.45, 7) is 5.61. The zero-order valence-corrected chi connectivity index (χ0v) is 10.8. The molecule has 0 saturated heterocycles. The van der Waals surface area contributed by atoms with Crippen LogP contribution in [0.4, 0.5) is 4.39 Å². The molecule has 0 aromatic heterocycles. The van der Waals surface area contributed by atoms with Gasteiger partial charge in [0.15, 0.2) is 0 Å². The Kier molecular flexibility index (Phi) is 3.82. The quantitative estimate of drug-likeness (QED) is 0.841. The van der Waals surface area contributed by atoms with Crippen molar-refractivity contribution in [1.82, 2.24) is 5.32 Å². The number of hydrogen-bond donors (Lipinski definition) is 1. The first-order valence-electron chi connectivity index (χ1n) is 6.56. The molecule has 2 heteroatoms. The summed E-state index contributed by atoms with van der Waals surface area (Å²) in [6, 6.07) is 7.52. The van der Waals surface area contributed by atoms with Crippen LogP contribution in [0.25, 0.3) is 0 Å². The highest BCUT2D eigenvalue weighted by Gasteiger charge is 2.33. The third kappa shape index (κ3) is 3.29. The second-order valence-corrected chi connectivity index (χ2v) is 5.77. The molecule has 0 amide bonds. The Hall–Kier alpha value is -0.890. The molecule has 1 aromatic carbocycles. The lowest BCUT2D eigenvalue weighted by Gasteiger charge is -2.28. The van der Waals surface area contributed by atoms with Crippen LogP contribution in [0.2, 0.25) is 0 Å². The van der Waals surface area contributed by atoms with Gasteiger partial charge in [0.1, 0.15) is 5.82 Å². The van der Waals surface area contributed by atoms with Gasteiger partial charge >= 0.3 is 0 Å². The summed E-state index contributed by atoms with van der Waals surface area (Å²) in [6.07, 6.45) is 4.82. The molecule has 0 bridgehead atoms. The lowest BCUT2D eigenvalue weighted by atomic mass is 9.87. The van der Waals surface area contributed by atoms with Crippen LogP contribution in [-0.2, 0) is 6.42 Å². The van der Waals surface area contributed by atoms with Gasteiger partial charge in [0.2, 0.25) is 0 Å². The van der Waals surface area contributed by atoms with Crippen molar-refractivity contribution in [1.29, 1.82) is 0 Å². The van der Waals surface area contributed by atoms with Gasteiger partial charge in [-0.1, -0.05) is 32.4 Å². The number of benzene rings is 1. The normalized spacial score (nSPS) is 22.9. The van der Waals surface area contributed by atoms with Crippen molar-refractivity contribution in [3.05, 3.63) is 35.6 Å². The number of hydrogen-bond acceptors (Lipinski definition) is 1. The summed E-state index contributed by atoms with van der Waals surface area (Å²) < 4.78 is 13.0. The van der Waals surface area contributed by atoms with Crippen molar-refractivity contribution in [3.8, 4) is 0 Å². The van der Waals surface area contributed by atoms with E-state index in [1.807, 2.05) is 6.07 Å². The van der Waals surface area contributed by atoms with Gasteiger partial charge in [0.25, 0.3) is 0 Å². The molecule has 1 aliphatic rings. The predicted molar refractivity (Wildman–Crippen MR) is 69.5 cm³/mol. The highest BCUT2D eigenvalue weighted by atomic mass is 19.1. The predicted octanol–water partition coefficient (Wildman–Crippen LogP) is 3.54. The minimum Gasteiger partial charge on any atom is -0.313 e. The van der Waals surface area contributed by atoms with E-state index in [4.69, 9.17) is 0 Å². The Balaban J connectivity index is 1.80. The third-order valence-electron chi connectivity index (χ3n) is 3.95.